The van der Waals surface area contributed by atoms with Gasteiger partial charge in [0.1, 0.15) is 0 Å². The van der Waals surface area contributed by atoms with E-state index in [4.69, 9.17) is 10.8 Å². The Morgan fingerprint density at radius 1 is 1.54 bits per heavy atom. The van der Waals surface area contributed by atoms with Crippen LogP contribution in [0.2, 0.25) is 0 Å². The second kappa shape index (κ2) is 3.97. The maximum Gasteiger partial charge on any atom is 0.274 e. The molecule has 5 heteroatoms. The predicted molar refractivity (Wildman–Crippen MR) is 47.1 cm³/mol. The second-order valence-corrected chi connectivity index (χ2v) is 2.60. The lowest BCUT2D eigenvalue weighted by molar-refractivity contribution is -0.385. The van der Waals surface area contributed by atoms with Gasteiger partial charge in [0.25, 0.3) is 5.69 Å². The van der Waals surface area contributed by atoms with Crippen LogP contribution in [0.4, 0.5) is 5.69 Å². The molecule has 0 radical (unpaired) electrons. The Bertz CT molecular complexity index is 314. The average molecular weight is 182 g/mol. The number of aliphatic hydroxyl groups is 1. The minimum atomic E-state index is -0.693. The monoisotopic (exact) mass is 182 g/mol. The van der Waals surface area contributed by atoms with Gasteiger partial charge in [0.05, 0.1) is 17.6 Å². The first-order valence-corrected chi connectivity index (χ1v) is 3.76. The fourth-order valence-corrected chi connectivity index (χ4v) is 1.07. The van der Waals surface area contributed by atoms with Crippen LogP contribution in [0.3, 0.4) is 0 Å². The number of nitrogens with two attached hydrogens (primary N) is 1. The summed E-state index contributed by atoms with van der Waals surface area (Å²) in [5, 5.41) is 19.3. The van der Waals surface area contributed by atoms with Crippen LogP contribution in [-0.2, 0) is 0 Å². The van der Waals surface area contributed by atoms with Gasteiger partial charge in [-0.1, -0.05) is 18.2 Å². The van der Waals surface area contributed by atoms with Crippen LogP contribution >= 0.6 is 0 Å². The van der Waals surface area contributed by atoms with E-state index in [0.717, 1.165) is 0 Å². The molecule has 0 aromatic heterocycles. The van der Waals surface area contributed by atoms with Crippen molar-refractivity contribution >= 4 is 5.69 Å². The van der Waals surface area contributed by atoms with Gasteiger partial charge in [0.15, 0.2) is 0 Å². The number of rotatable bonds is 3. The van der Waals surface area contributed by atoms with Crippen LogP contribution in [0.5, 0.6) is 0 Å². The lowest BCUT2D eigenvalue weighted by Gasteiger charge is -2.07. The minimum Gasteiger partial charge on any atom is -0.394 e. The Kier molecular flexibility index (Phi) is 2.94. The van der Waals surface area contributed by atoms with E-state index < -0.39 is 11.0 Å². The predicted octanol–water partition coefficient (Wildman–Crippen LogP) is 0.587. The molecule has 0 aliphatic rings. The van der Waals surface area contributed by atoms with Crippen LogP contribution in [0, 0.1) is 10.1 Å². The zero-order valence-corrected chi connectivity index (χ0v) is 6.88. The van der Waals surface area contributed by atoms with E-state index in [2.05, 4.69) is 0 Å². The van der Waals surface area contributed by atoms with Crippen molar-refractivity contribution in [3.63, 3.8) is 0 Å². The molecule has 0 bridgehead atoms. The maximum atomic E-state index is 10.5. The second-order valence-electron chi connectivity index (χ2n) is 2.60. The Hall–Kier alpha value is -1.46. The first kappa shape index (κ1) is 9.63. The molecule has 3 N–H and O–H groups in total. The molecule has 0 aliphatic heterocycles. The summed E-state index contributed by atoms with van der Waals surface area (Å²) in [4.78, 5) is 10.0. The van der Waals surface area contributed by atoms with E-state index in [0.29, 0.717) is 5.56 Å². The van der Waals surface area contributed by atoms with E-state index in [9.17, 15) is 10.1 Å². The fraction of sp³-hybridized carbons (Fsp3) is 0.250. The Morgan fingerprint density at radius 2 is 2.15 bits per heavy atom. The summed E-state index contributed by atoms with van der Waals surface area (Å²) in [5.74, 6) is 0. The van der Waals surface area contributed by atoms with Gasteiger partial charge in [-0.25, -0.2) is 0 Å². The van der Waals surface area contributed by atoms with Gasteiger partial charge in [-0.05, 0) is 0 Å². The van der Waals surface area contributed by atoms with Crippen molar-refractivity contribution in [2.24, 2.45) is 5.73 Å². The minimum absolute atomic E-state index is 0.0518. The van der Waals surface area contributed by atoms with Crippen LogP contribution in [0.15, 0.2) is 24.3 Å². The lowest BCUT2D eigenvalue weighted by Crippen LogP contribution is -2.15. The molecule has 0 saturated heterocycles. The number of nitro benzene ring substituents is 1. The molecule has 0 amide bonds. The van der Waals surface area contributed by atoms with E-state index in [-0.39, 0.29) is 12.3 Å². The van der Waals surface area contributed by atoms with Crippen molar-refractivity contribution in [3.05, 3.63) is 39.9 Å². The first-order valence-electron chi connectivity index (χ1n) is 3.76. The molecule has 0 spiro atoms. The van der Waals surface area contributed by atoms with Crippen molar-refractivity contribution in [2.45, 2.75) is 6.04 Å². The normalized spacial score (nSPS) is 12.5. The molecular weight excluding hydrogens is 172 g/mol. The summed E-state index contributed by atoms with van der Waals surface area (Å²) < 4.78 is 0. The molecule has 0 aliphatic carbocycles. The smallest absolute Gasteiger partial charge is 0.274 e. The number of para-hydroxylation sites is 1. The van der Waals surface area contributed by atoms with Crippen molar-refractivity contribution in [3.8, 4) is 0 Å². The molecule has 1 rings (SSSR count). The van der Waals surface area contributed by atoms with Gasteiger partial charge in [-0.3, -0.25) is 10.1 Å². The van der Waals surface area contributed by atoms with Crippen LogP contribution in [0.25, 0.3) is 0 Å². The molecule has 5 nitrogen and oxygen atoms in total. The van der Waals surface area contributed by atoms with E-state index in [1.165, 1.54) is 6.07 Å². The maximum absolute atomic E-state index is 10.5. The van der Waals surface area contributed by atoms with E-state index >= 15 is 0 Å². The zero-order valence-electron chi connectivity index (χ0n) is 6.88. The third-order valence-electron chi connectivity index (χ3n) is 1.73. The van der Waals surface area contributed by atoms with Crippen molar-refractivity contribution in [2.75, 3.05) is 6.61 Å². The number of nitro groups is 1. The first-order chi connectivity index (χ1) is 6.16. The molecule has 0 heterocycles. The zero-order chi connectivity index (χ0) is 9.84. The fourth-order valence-electron chi connectivity index (χ4n) is 1.07. The van der Waals surface area contributed by atoms with Gasteiger partial charge in [-0.15, -0.1) is 0 Å². The summed E-state index contributed by atoms with van der Waals surface area (Å²) >= 11 is 0. The highest BCUT2D eigenvalue weighted by Gasteiger charge is 2.17. The molecule has 0 fully saturated rings. The molecule has 1 aromatic rings. The summed E-state index contributed by atoms with van der Waals surface area (Å²) in [6.07, 6.45) is 0. The van der Waals surface area contributed by atoms with Crippen molar-refractivity contribution < 1.29 is 10.0 Å². The lowest BCUT2D eigenvalue weighted by atomic mass is 10.1. The number of nitrogens with zero attached hydrogens (tertiary/aromatic N) is 1. The van der Waals surface area contributed by atoms with E-state index in [1.807, 2.05) is 0 Å². The summed E-state index contributed by atoms with van der Waals surface area (Å²) in [6, 6.07) is 5.43. The highest BCUT2D eigenvalue weighted by Crippen LogP contribution is 2.22. The third-order valence-corrected chi connectivity index (χ3v) is 1.73. The average Bonchev–Trinajstić information content (AvgIpc) is 2.16. The van der Waals surface area contributed by atoms with E-state index in [1.54, 1.807) is 18.2 Å². The van der Waals surface area contributed by atoms with Gasteiger partial charge < -0.3 is 10.8 Å². The van der Waals surface area contributed by atoms with Crippen LogP contribution < -0.4 is 5.73 Å². The third kappa shape index (κ3) is 2.01. The van der Waals surface area contributed by atoms with Gasteiger partial charge >= 0.3 is 0 Å². The molecular formula is C8H10N2O3. The van der Waals surface area contributed by atoms with Crippen molar-refractivity contribution in [1.29, 1.82) is 0 Å². The molecule has 70 valence electrons. The van der Waals surface area contributed by atoms with Crippen molar-refractivity contribution in [1.82, 2.24) is 0 Å². The van der Waals surface area contributed by atoms with Gasteiger partial charge in [0, 0.05) is 11.6 Å². The molecule has 13 heavy (non-hydrogen) atoms. The molecule has 1 aromatic carbocycles. The number of aliphatic hydroxyl groups excluding tert-OH is 1. The standard InChI is InChI=1S/C8H10N2O3/c9-7(5-11)6-3-1-2-4-8(6)10(12)13/h1-4,7,11H,5,9H2/t7-/m0/s1. The molecule has 1 atom stereocenters. The largest absolute Gasteiger partial charge is 0.394 e. The highest BCUT2D eigenvalue weighted by atomic mass is 16.6. The van der Waals surface area contributed by atoms with Gasteiger partial charge in [-0.2, -0.15) is 0 Å². The molecule has 0 saturated carbocycles. The SMILES string of the molecule is N[C@@H](CO)c1ccccc1[N+](=O)[O-]. The number of hydrogen-bond donors (Lipinski definition) is 2. The topological polar surface area (TPSA) is 89.4 Å². The van der Waals surface area contributed by atoms with Crippen LogP contribution in [-0.4, -0.2) is 16.6 Å². The highest BCUT2D eigenvalue weighted by molar-refractivity contribution is 5.41. The van der Waals surface area contributed by atoms with Crippen LogP contribution in [0.1, 0.15) is 11.6 Å². The summed E-state index contributed by atoms with van der Waals surface area (Å²) in [6.45, 7) is -0.301. The Labute approximate surface area is 74.9 Å². The number of benzene rings is 1. The summed E-state index contributed by atoms with van der Waals surface area (Å²) in [5.41, 5.74) is 5.78. The molecule has 0 unspecified atom stereocenters. The van der Waals surface area contributed by atoms with Gasteiger partial charge in [0.2, 0.25) is 0 Å². The summed E-state index contributed by atoms with van der Waals surface area (Å²) in [7, 11) is 0. The Balaban J connectivity index is 3.11. The number of hydrogen-bond acceptors (Lipinski definition) is 4. The Morgan fingerprint density at radius 3 is 2.69 bits per heavy atom. The quantitative estimate of drug-likeness (QED) is 0.528.